The molecule has 0 spiro atoms. The first-order chi connectivity index (χ1) is 20.9. The minimum atomic E-state index is -0.865. The number of hydrogen-bond acceptors (Lipinski definition) is 6. The first-order valence-electron chi connectivity index (χ1n) is 15.8. The molecular formula is C34H51N5O5. The Hall–Kier alpha value is -3.50. The number of nitrogens with zero attached hydrogens (tertiary/aromatic N) is 2. The predicted molar refractivity (Wildman–Crippen MR) is 172 cm³/mol. The number of amides is 4. The SMILES string of the molecule is C=CCCC(OC)[C@@H](C)C(=O)NC(C(=O)NC(C)C(=O)N1CCCC(C(=O)N(C)[C@@H]2CCc3ccc(C=C)cc32)N1)C(C)C. The largest absolute Gasteiger partial charge is 0.381 e. The number of allylic oxidation sites excluding steroid dienone is 1. The molecule has 1 aliphatic carbocycles. The van der Waals surface area contributed by atoms with Gasteiger partial charge in [-0.15, -0.1) is 6.58 Å². The molecule has 242 valence electrons. The van der Waals surface area contributed by atoms with E-state index in [-0.39, 0.29) is 35.8 Å². The lowest BCUT2D eigenvalue weighted by Gasteiger charge is -2.37. The van der Waals surface area contributed by atoms with Gasteiger partial charge < -0.3 is 20.3 Å². The molecule has 0 saturated carbocycles. The zero-order chi connectivity index (χ0) is 32.6. The van der Waals surface area contributed by atoms with Crippen LogP contribution in [0.25, 0.3) is 6.08 Å². The third-order valence-electron chi connectivity index (χ3n) is 8.92. The molecule has 0 bridgehead atoms. The number of aryl methyl sites for hydroxylation is 1. The Bertz CT molecular complexity index is 1220. The van der Waals surface area contributed by atoms with E-state index in [2.05, 4.69) is 41.3 Å². The molecule has 6 atom stereocenters. The summed E-state index contributed by atoms with van der Waals surface area (Å²) in [6.45, 7) is 15.1. The zero-order valence-electron chi connectivity index (χ0n) is 27.2. The van der Waals surface area contributed by atoms with Crippen molar-refractivity contribution in [3.05, 3.63) is 54.1 Å². The van der Waals surface area contributed by atoms with E-state index in [1.54, 1.807) is 31.9 Å². The normalized spacial score (nSPS) is 20.6. The van der Waals surface area contributed by atoms with Crippen molar-refractivity contribution in [1.82, 2.24) is 26.0 Å². The number of hydrogen-bond donors (Lipinski definition) is 3. The second kappa shape index (κ2) is 16.0. The van der Waals surface area contributed by atoms with Crippen LogP contribution in [0.3, 0.4) is 0 Å². The molecule has 10 heteroatoms. The van der Waals surface area contributed by atoms with Gasteiger partial charge in [0.2, 0.25) is 17.7 Å². The zero-order valence-corrected chi connectivity index (χ0v) is 27.2. The number of fused-ring (bicyclic) bond motifs is 1. The van der Waals surface area contributed by atoms with Gasteiger partial charge in [-0.1, -0.05) is 51.6 Å². The van der Waals surface area contributed by atoms with Gasteiger partial charge in [0.15, 0.2) is 0 Å². The molecular weight excluding hydrogens is 558 g/mol. The number of carbonyl (C=O) groups is 4. The lowest BCUT2D eigenvalue weighted by molar-refractivity contribution is -0.146. The molecule has 1 aliphatic heterocycles. The Morgan fingerprint density at radius 3 is 2.48 bits per heavy atom. The van der Waals surface area contributed by atoms with Crippen LogP contribution in [0.5, 0.6) is 0 Å². The molecule has 1 aromatic rings. The van der Waals surface area contributed by atoms with Gasteiger partial charge in [0.05, 0.1) is 18.1 Å². The van der Waals surface area contributed by atoms with Crippen LogP contribution in [0, 0.1) is 11.8 Å². The van der Waals surface area contributed by atoms with Crippen LogP contribution < -0.4 is 16.1 Å². The number of benzene rings is 1. The second-order valence-electron chi connectivity index (χ2n) is 12.4. The fourth-order valence-electron chi connectivity index (χ4n) is 6.09. The van der Waals surface area contributed by atoms with Gasteiger partial charge in [-0.25, -0.2) is 5.43 Å². The maximum Gasteiger partial charge on any atom is 0.258 e. The number of ether oxygens (including phenoxy) is 1. The third kappa shape index (κ3) is 8.35. The van der Waals surface area contributed by atoms with Crippen LogP contribution in [0.15, 0.2) is 37.4 Å². The third-order valence-corrected chi connectivity index (χ3v) is 8.92. The van der Waals surface area contributed by atoms with Crippen LogP contribution in [0.1, 0.15) is 82.5 Å². The first-order valence-corrected chi connectivity index (χ1v) is 15.8. The summed E-state index contributed by atoms with van der Waals surface area (Å²) in [6.07, 6.45) is 7.66. The van der Waals surface area contributed by atoms with Crippen molar-refractivity contribution in [2.24, 2.45) is 11.8 Å². The molecule has 0 aromatic heterocycles. The molecule has 3 N–H and O–H groups in total. The Morgan fingerprint density at radius 2 is 1.84 bits per heavy atom. The maximum atomic E-state index is 13.6. The quantitative estimate of drug-likeness (QED) is 0.278. The van der Waals surface area contributed by atoms with Gasteiger partial charge in [0.1, 0.15) is 18.1 Å². The van der Waals surface area contributed by atoms with E-state index < -0.39 is 30.0 Å². The minimum Gasteiger partial charge on any atom is -0.381 e. The molecule has 1 fully saturated rings. The van der Waals surface area contributed by atoms with E-state index in [4.69, 9.17) is 4.74 Å². The lowest BCUT2D eigenvalue weighted by atomic mass is 9.97. The van der Waals surface area contributed by atoms with Crippen molar-refractivity contribution >= 4 is 29.7 Å². The summed E-state index contributed by atoms with van der Waals surface area (Å²) in [5, 5.41) is 7.08. The highest BCUT2D eigenvalue weighted by atomic mass is 16.5. The molecule has 2 aliphatic rings. The molecule has 1 saturated heterocycles. The highest BCUT2D eigenvalue weighted by Crippen LogP contribution is 2.36. The Balaban J connectivity index is 1.60. The monoisotopic (exact) mass is 609 g/mol. The minimum absolute atomic E-state index is 0.0319. The summed E-state index contributed by atoms with van der Waals surface area (Å²) in [6, 6.07) is 3.98. The Kier molecular flexibility index (Phi) is 12.7. The average molecular weight is 610 g/mol. The van der Waals surface area contributed by atoms with Crippen molar-refractivity contribution in [3.63, 3.8) is 0 Å². The van der Waals surface area contributed by atoms with E-state index >= 15 is 0 Å². The number of carbonyl (C=O) groups excluding carboxylic acids is 4. The number of nitrogens with one attached hydrogen (secondary N) is 3. The van der Waals surface area contributed by atoms with Gasteiger partial charge in [-0.05, 0) is 74.1 Å². The molecule has 1 aromatic carbocycles. The van der Waals surface area contributed by atoms with E-state index in [9.17, 15) is 19.2 Å². The predicted octanol–water partition coefficient (Wildman–Crippen LogP) is 3.53. The summed E-state index contributed by atoms with van der Waals surface area (Å²) in [4.78, 5) is 55.1. The number of likely N-dealkylation sites (N-methyl/N-ethyl adjacent to an activating group) is 1. The Morgan fingerprint density at radius 1 is 1.11 bits per heavy atom. The highest BCUT2D eigenvalue weighted by Gasteiger charge is 2.37. The summed E-state index contributed by atoms with van der Waals surface area (Å²) in [5.41, 5.74) is 6.54. The molecule has 44 heavy (non-hydrogen) atoms. The van der Waals surface area contributed by atoms with Crippen LogP contribution in [-0.4, -0.2) is 78.5 Å². The molecule has 4 amide bonds. The highest BCUT2D eigenvalue weighted by molar-refractivity contribution is 5.92. The Labute approximate surface area is 262 Å². The van der Waals surface area contributed by atoms with Crippen molar-refractivity contribution < 1.29 is 23.9 Å². The number of hydrazine groups is 1. The second-order valence-corrected chi connectivity index (χ2v) is 12.4. The molecule has 4 unspecified atom stereocenters. The molecule has 3 rings (SSSR count). The van der Waals surface area contributed by atoms with Gasteiger partial charge in [0.25, 0.3) is 5.91 Å². The topological polar surface area (TPSA) is 120 Å². The van der Waals surface area contributed by atoms with Gasteiger partial charge >= 0.3 is 0 Å². The average Bonchev–Trinajstić information content (AvgIpc) is 3.45. The fraction of sp³-hybridized carbons (Fsp3) is 0.588. The molecule has 0 radical (unpaired) electrons. The molecule has 10 nitrogen and oxygen atoms in total. The standard InChI is InChI=1S/C34H51N5O5/c1-9-11-14-29(44-8)22(5)31(40)36-30(21(3)4)32(41)35-23(6)33(42)39-19-12-13-27(37-39)34(43)38(7)28-18-17-25-16-15-24(10-2)20-26(25)28/h9-10,15-16,20-23,27-30,37H,1-2,11-14,17-19H2,3-8H3,(H,35,41)(H,36,40)/t22-,23?,27?,28-,29?,30?/m1/s1. The first kappa shape index (κ1) is 35.0. The van der Waals surface area contributed by atoms with Gasteiger partial charge in [-0.3, -0.25) is 24.2 Å². The van der Waals surface area contributed by atoms with Crippen molar-refractivity contribution in [2.75, 3.05) is 20.7 Å². The summed E-state index contributed by atoms with van der Waals surface area (Å²) >= 11 is 0. The van der Waals surface area contributed by atoms with E-state index in [0.717, 1.165) is 24.0 Å². The number of methoxy groups -OCH3 is 1. The summed E-state index contributed by atoms with van der Waals surface area (Å²) in [7, 11) is 3.39. The smallest absolute Gasteiger partial charge is 0.258 e. The van der Waals surface area contributed by atoms with Crippen LogP contribution in [0.4, 0.5) is 0 Å². The maximum absolute atomic E-state index is 13.6. The van der Waals surface area contributed by atoms with Crippen LogP contribution in [0.2, 0.25) is 0 Å². The van der Waals surface area contributed by atoms with E-state index in [1.807, 2.05) is 33.0 Å². The molecule has 1 heterocycles. The number of rotatable bonds is 14. The van der Waals surface area contributed by atoms with E-state index in [0.29, 0.717) is 32.2 Å². The van der Waals surface area contributed by atoms with E-state index in [1.165, 1.54) is 10.6 Å². The summed E-state index contributed by atoms with van der Waals surface area (Å²) < 4.78 is 5.50. The van der Waals surface area contributed by atoms with Crippen LogP contribution in [-0.2, 0) is 30.3 Å². The van der Waals surface area contributed by atoms with Crippen molar-refractivity contribution in [1.29, 1.82) is 0 Å². The van der Waals surface area contributed by atoms with Crippen LogP contribution >= 0.6 is 0 Å². The van der Waals surface area contributed by atoms with Crippen molar-refractivity contribution in [3.8, 4) is 0 Å². The summed E-state index contributed by atoms with van der Waals surface area (Å²) in [5.74, 6) is -1.82. The van der Waals surface area contributed by atoms with Crippen molar-refractivity contribution in [2.45, 2.75) is 96.5 Å². The lowest BCUT2D eigenvalue weighted by Crippen LogP contribution is -2.62. The van der Waals surface area contributed by atoms with Gasteiger partial charge in [-0.2, -0.15) is 0 Å². The fourth-order valence-corrected chi connectivity index (χ4v) is 6.09. The van der Waals surface area contributed by atoms with Gasteiger partial charge in [0, 0.05) is 20.7 Å².